The molecule has 0 aliphatic heterocycles. The van der Waals surface area contributed by atoms with Gasteiger partial charge in [-0.15, -0.1) is 0 Å². The predicted octanol–water partition coefficient (Wildman–Crippen LogP) is 7.35. The van der Waals surface area contributed by atoms with Gasteiger partial charge in [0, 0.05) is 17.8 Å². The zero-order chi connectivity index (χ0) is 23.5. The number of Topliss-reactive ketones (excluding diaryl/α,β-unsaturated/α-hetero) is 1. The highest BCUT2D eigenvalue weighted by Crippen LogP contribution is 2.76. The van der Waals surface area contributed by atoms with Crippen molar-refractivity contribution in [2.24, 2.45) is 50.2 Å². The first-order valence-electron chi connectivity index (χ1n) is 13.6. The SMILES string of the molecule is C=C1CCC(C)(C)C12CCC1(C)C(CCC3C4(C)CCC(=O)C(C)(C)C4C(O)CC31C)C2. The Morgan fingerprint density at radius 2 is 1.53 bits per heavy atom. The fraction of sp³-hybridized carbons (Fsp3) is 0.900. The van der Waals surface area contributed by atoms with E-state index < -0.39 is 5.41 Å². The van der Waals surface area contributed by atoms with E-state index in [1.165, 1.54) is 50.5 Å². The lowest BCUT2D eigenvalue weighted by molar-refractivity contribution is -0.251. The van der Waals surface area contributed by atoms with Gasteiger partial charge in [0.2, 0.25) is 0 Å². The zero-order valence-electron chi connectivity index (χ0n) is 21.9. The third-order valence-corrected chi connectivity index (χ3v) is 13.4. The zero-order valence-corrected chi connectivity index (χ0v) is 21.9. The molecule has 0 aromatic carbocycles. The molecular weight excluding hydrogens is 392 g/mol. The summed E-state index contributed by atoms with van der Waals surface area (Å²) in [7, 11) is 0. The fourth-order valence-electron chi connectivity index (χ4n) is 11.2. The second-order valence-corrected chi connectivity index (χ2v) is 14.8. The summed E-state index contributed by atoms with van der Waals surface area (Å²) in [5.41, 5.74) is 2.26. The van der Waals surface area contributed by atoms with E-state index >= 15 is 0 Å². The summed E-state index contributed by atoms with van der Waals surface area (Å²) in [5.74, 6) is 1.78. The lowest BCUT2D eigenvalue weighted by Gasteiger charge is -2.72. The van der Waals surface area contributed by atoms with E-state index in [0.29, 0.717) is 29.0 Å². The molecular formula is C30H48O2. The van der Waals surface area contributed by atoms with Gasteiger partial charge in [0.1, 0.15) is 5.78 Å². The van der Waals surface area contributed by atoms with Crippen molar-refractivity contribution >= 4 is 5.78 Å². The summed E-state index contributed by atoms with van der Waals surface area (Å²) >= 11 is 0. The van der Waals surface area contributed by atoms with Crippen LogP contribution < -0.4 is 0 Å². The first-order valence-corrected chi connectivity index (χ1v) is 13.6. The van der Waals surface area contributed by atoms with Gasteiger partial charge in [0.25, 0.3) is 0 Å². The molecule has 5 fully saturated rings. The number of rotatable bonds is 0. The molecule has 5 rings (SSSR count). The van der Waals surface area contributed by atoms with Crippen LogP contribution in [0.5, 0.6) is 0 Å². The lowest BCUT2D eigenvalue weighted by Crippen LogP contribution is -2.68. The minimum absolute atomic E-state index is 0.0587. The molecule has 0 saturated heterocycles. The third-order valence-electron chi connectivity index (χ3n) is 13.4. The number of aliphatic hydroxyl groups excluding tert-OH is 1. The maximum atomic E-state index is 12.9. The molecule has 0 heterocycles. The van der Waals surface area contributed by atoms with Gasteiger partial charge in [-0.05, 0) is 96.7 Å². The van der Waals surface area contributed by atoms with E-state index in [9.17, 15) is 9.90 Å². The number of carbonyl (C=O) groups is 1. The molecule has 0 amide bonds. The fourth-order valence-corrected chi connectivity index (χ4v) is 11.2. The molecule has 2 heteroatoms. The van der Waals surface area contributed by atoms with E-state index in [4.69, 9.17) is 0 Å². The average molecular weight is 441 g/mol. The van der Waals surface area contributed by atoms with Crippen molar-refractivity contribution < 1.29 is 9.90 Å². The molecule has 8 atom stereocenters. The summed E-state index contributed by atoms with van der Waals surface area (Å²) < 4.78 is 0. The molecule has 1 N–H and O–H groups in total. The monoisotopic (exact) mass is 440 g/mol. The van der Waals surface area contributed by atoms with Crippen molar-refractivity contribution in [3.05, 3.63) is 12.2 Å². The lowest BCUT2D eigenvalue weighted by atomic mass is 9.32. The van der Waals surface area contributed by atoms with Crippen LogP contribution in [0.1, 0.15) is 113 Å². The Morgan fingerprint density at radius 1 is 0.844 bits per heavy atom. The number of hydrogen-bond donors (Lipinski definition) is 1. The number of ketones is 1. The van der Waals surface area contributed by atoms with Crippen molar-refractivity contribution in [2.75, 3.05) is 0 Å². The van der Waals surface area contributed by atoms with Crippen LogP contribution in [0.25, 0.3) is 0 Å². The molecule has 1 spiro atoms. The van der Waals surface area contributed by atoms with Crippen LogP contribution in [0.3, 0.4) is 0 Å². The molecule has 5 saturated carbocycles. The minimum atomic E-state index is -0.409. The molecule has 32 heavy (non-hydrogen) atoms. The summed E-state index contributed by atoms with van der Waals surface area (Å²) in [6.45, 7) is 21.4. The molecule has 0 radical (unpaired) electrons. The second-order valence-electron chi connectivity index (χ2n) is 14.8. The Bertz CT molecular complexity index is 853. The summed E-state index contributed by atoms with van der Waals surface area (Å²) in [4.78, 5) is 12.9. The Hall–Kier alpha value is -0.630. The largest absolute Gasteiger partial charge is 0.393 e. The minimum Gasteiger partial charge on any atom is -0.393 e. The van der Waals surface area contributed by atoms with Crippen molar-refractivity contribution in [3.8, 4) is 0 Å². The molecule has 0 aromatic heterocycles. The Morgan fingerprint density at radius 3 is 2.16 bits per heavy atom. The first-order chi connectivity index (χ1) is 14.7. The Balaban J connectivity index is 1.54. The highest BCUT2D eigenvalue weighted by atomic mass is 16.3. The van der Waals surface area contributed by atoms with E-state index in [2.05, 4.69) is 55.0 Å². The molecule has 5 aliphatic carbocycles. The number of allylic oxidation sites excluding steroid dienone is 1. The summed E-state index contributed by atoms with van der Waals surface area (Å²) in [6, 6.07) is 0. The van der Waals surface area contributed by atoms with Crippen LogP contribution in [-0.4, -0.2) is 17.0 Å². The van der Waals surface area contributed by atoms with Crippen LogP contribution in [-0.2, 0) is 4.79 Å². The Labute approximate surface area is 197 Å². The van der Waals surface area contributed by atoms with Crippen LogP contribution in [0.2, 0.25) is 0 Å². The van der Waals surface area contributed by atoms with Gasteiger partial charge in [-0.3, -0.25) is 4.79 Å². The van der Waals surface area contributed by atoms with Crippen LogP contribution in [0, 0.1) is 50.2 Å². The maximum absolute atomic E-state index is 12.9. The van der Waals surface area contributed by atoms with Gasteiger partial charge in [0.05, 0.1) is 6.10 Å². The van der Waals surface area contributed by atoms with Gasteiger partial charge in [-0.25, -0.2) is 0 Å². The average Bonchev–Trinajstić information content (AvgIpc) is 2.89. The van der Waals surface area contributed by atoms with Crippen molar-refractivity contribution in [2.45, 2.75) is 119 Å². The molecule has 5 aliphatic rings. The summed E-state index contributed by atoms with van der Waals surface area (Å²) in [5, 5.41) is 11.7. The van der Waals surface area contributed by atoms with E-state index in [1.807, 2.05) is 0 Å². The normalized spacial score (nSPS) is 54.1. The van der Waals surface area contributed by atoms with Gasteiger partial charge in [-0.1, -0.05) is 60.6 Å². The third kappa shape index (κ3) is 2.49. The van der Waals surface area contributed by atoms with Gasteiger partial charge < -0.3 is 5.11 Å². The smallest absolute Gasteiger partial charge is 0.138 e. The molecule has 0 aromatic rings. The van der Waals surface area contributed by atoms with E-state index in [0.717, 1.165) is 18.8 Å². The van der Waals surface area contributed by atoms with Crippen LogP contribution in [0.4, 0.5) is 0 Å². The van der Waals surface area contributed by atoms with Gasteiger partial charge >= 0.3 is 0 Å². The van der Waals surface area contributed by atoms with E-state index in [-0.39, 0.29) is 28.3 Å². The van der Waals surface area contributed by atoms with E-state index in [1.54, 1.807) is 0 Å². The van der Waals surface area contributed by atoms with Crippen molar-refractivity contribution in [1.82, 2.24) is 0 Å². The van der Waals surface area contributed by atoms with Gasteiger partial charge in [0.15, 0.2) is 0 Å². The molecule has 8 unspecified atom stereocenters. The number of hydrogen-bond acceptors (Lipinski definition) is 2. The standard InChI is InChI=1S/C30H48O2/c1-19-11-13-25(2,3)30(19)16-15-28(7)20(17-30)9-10-22-27(6)14-12-23(32)26(4,5)24(27)21(31)18-29(22,28)8/h20-22,24,31H,1,9-18H2,2-8H3. The van der Waals surface area contributed by atoms with Crippen molar-refractivity contribution in [1.29, 1.82) is 0 Å². The summed E-state index contributed by atoms with van der Waals surface area (Å²) in [6.07, 6.45) is 11.1. The van der Waals surface area contributed by atoms with Gasteiger partial charge in [-0.2, -0.15) is 0 Å². The maximum Gasteiger partial charge on any atom is 0.138 e. The predicted molar refractivity (Wildman–Crippen MR) is 131 cm³/mol. The van der Waals surface area contributed by atoms with Crippen LogP contribution >= 0.6 is 0 Å². The van der Waals surface area contributed by atoms with Crippen LogP contribution in [0.15, 0.2) is 12.2 Å². The quantitative estimate of drug-likeness (QED) is 0.400. The highest BCUT2D eigenvalue weighted by Gasteiger charge is 2.71. The number of aliphatic hydroxyl groups is 1. The molecule has 2 nitrogen and oxygen atoms in total. The molecule has 0 bridgehead atoms. The Kier molecular flexibility index (Phi) is 4.71. The van der Waals surface area contributed by atoms with Crippen molar-refractivity contribution in [3.63, 3.8) is 0 Å². The second kappa shape index (κ2) is 6.52. The first kappa shape index (κ1) is 23.1. The molecule has 180 valence electrons. The topological polar surface area (TPSA) is 37.3 Å². The number of carbonyl (C=O) groups excluding carboxylic acids is 1. The highest BCUT2D eigenvalue weighted by molar-refractivity contribution is 5.85. The number of fused-ring (bicyclic) bond motifs is 5.